The van der Waals surface area contributed by atoms with Gasteiger partial charge in [0.2, 0.25) is 0 Å². The molecule has 0 atom stereocenters. The summed E-state index contributed by atoms with van der Waals surface area (Å²) in [5, 5.41) is 16.7. The lowest BCUT2D eigenvalue weighted by atomic mass is 9.99. The smallest absolute Gasteiger partial charge is 0.103 e. The van der Waals surface area contributed by atoms with E-state index >= 15 is 0 Å². The van der Waals surface area contributed by atoms with E-state index in [1.165, 1.54) is 5.39 Å². The molecule has 5 rings (SSSR count). The summed E-state index contributed by atoms with van der Waals surface area (Å²) < 4.78 is 0. The molecule has 138 valence electrons. The van der Waals surface area contributed by atoms with Crippen LogP contribution >= 0.6 is 0 Å². The van der Waals surface area contributed by atoms with Crippen molar-refractivity contribution in [3.05, 3.63) is 90.4 Å². The predicted molar refractivity (Wildman–Crippen MR) is 118 cm³/mol. The van der Waals surface area contributed by atoms with E-state index in [-0.39, 0.29) is 0 Å². The maximum Gasteiger partial charge on any atom is 0.103 e. The van der Waals surface area contributed by atoms with Crippen LogP contribution in [-0.2, 0) is 0 Å². The fraction of sp³-hybridized carbons (Fsp3) is 0.0400. The largest absolute Gasteiger partial charge is 0.361 e. The zero-order valence-corrected chi connectivity index (χ0v) is 15.9. The number of H-pyrrole nitrogens is 1. The van der Waals surface area contributed by atoms with E-state index < -0.39 is 0 Å². The van der Waals surface area contributed by atoms with Gasteiger partial charge in [-0.15, -0.1) is 0 Å². The van der Waals surface area contributed by atoms with Gasteiger partial charge < -0.3 is 10.3 Å². The molecule has 0 aliphatic carbocycles. The van der Waals surface area contributed by atoms with Crippen LogP contribution in [0.2, 0.25) is 0 Å². The number of aromatic amines is 1. The Kier molecular flexibility index (Phi) is 4.00. The molecule has 29 heavy (non-hydrogen) atoms. The molecule has 2 aromatic heterocycles. The van der Waals surface area contributed by atoms with E-state index in [0.29, 0.717) is 5.56 Å². The number of rotatable bonds is 3. The number of hydrogen-bond acceptors (Lipinski definition) is 3. The van der Waals surface area contributed by atoms with Crippen LogP contribution in [0.4, 0.5) is 11.4 Å². The minimum absolute atomic E-state index is 0.518. The Hall–Kier alpha value is -4.10. The highest BCUT2D eigenvalue weighted by atomic mass is 14.9. The van der Waals surface area contributed by atoms with Crippen molar-refractivity contribution in [1.29, 1.82) is 5.26 Å². The first kappa shape index (κ1) is 17.0. The maximum absolute atomic E-state index is 9.71. The van der Waals surface area contributed by atoms with Crippen molar-refractivity contribution in [2.45, 2.75) is 6.92 Å². The molecular weight excluding hydrogens is 356 g/mol. The highest BCUT2D eigenvalue weighted by Crippen LogP contribution is 2.36. The van der Waals surface area contributed by atoms with Gasteiger partial charge in [-0.2, -0.15) is 5.26 Å². The molecule has 0 aliphatic rings. The molecule has 4 nitrogen and oxygen atoms in total. The second kappa shape index (κ2) is 6.81. The van der Waals surface area contributed by atoms with Crippen molar-refractivity contribution in [3.63, 3.8) is 0 Å². The molecule has 0 saturated heterocycles. The molecule has 5 aromatic rings. The highest BCUT2D eigenvalue weighted by molar-refractivity contribution is 5.94. The monoisotopic (exact) mass is 374 g/mol. The van der Waals surface area contributed by atoms with Crippen molar-refractivity contribution in [3.8, 4) is 17.2 Å². The number of nitriles is 1. The van der Waals surface area contributed by atoms with E-state index in [4.69, 9.17) is 0 Å². The number of hydrogen-bond donors (Lipinski definition) is 2. The Morgan fingerprint density at radius 1 is 0.966 bits per heavy atom. The average molecular weight is 374 g/mol. The Bertz CT molecular complexity index is 1410. The van der Waals surface area contributed by atoms with Gasteiger partial charge in [0.15, 0.2) is 0 Å². The molecular formula is C25H18N4. The number of nitrogens with zero attached hydrogens (tertiary/aromatic N) is 2. The third-order valence-electron chi connectivity index (χ3n) is 5.39. The van der Waals surface area contributed by atoms with Gasteiger partial charge in [-0.05, 0) is 53.1 Å². The number of nitrogens with one attached hydrogen (secondary N) is 2. The van der Waals surface area contributed by atoms with Gasteiger partial charge in [0.25, 0.3) is 0 Å². The van der Waals surface area contributed by atoms with Crippen LogP contribution in [-0.4, -0.2) is 9.97 Å². The summed E-state index contributed by atoms with van der Waals surface area (Å²) in [7, 11) is 0. The van der Waals surface area contributed by atoms with Gasteiger partial charge in [-0.3, -0.25) is 4.98 Å². The van der Waals surface area contributed by atoms with Crippen LogP contribution in [0.1, 0.15) is 11.1 Å². The molecule has 2 heterocycles. The topological polar surface area (TPSA) is 64.5 Å². The molecule has 0 aliphatic heterocycles. The number of aromatic nitrogens is 2. The minimum atomic E-state index is 0.518. The maximum atomic E-state index is 9.71. The zero-order valence-electron chi connectivity index (χ0n) is 15.9. The number of anilines is 2. The lowest BCUT2D eigenvalue weighted by Crippen LogP contribution is -2.00. The van der Waals surface area contributed by atoms with Crippen LogP contribution in [0.5, 0.6) is 0 Å². The summed E-state index contributed by atoms with van der Waals surface area (Å²) in [5.74, 6) is 0. The van der Waals surface area contributed by atoms with Gasteiger partial charge in [0, 0.05) is 40.7 Å². The van der Waals surface area contributed by atoms with Crippen LogP contribution in [0.25, 0.3) is 32.8 Å². The van der Waals surface area contributed by atoms with Crippen LogP contribution in [0, 0.1) is 18.3 Å². The number of benzene rings is 3. The summed E-state index contributed by atoms with van der Waals surface area (Å²) in [6, 6.07) is 23.0. The summed E-state index contributed by atoms with van der Waals surface area (Å²) >= 11 is 0. The van der Waals surface area contributed by atoms with Crippen molar-refractivity contribution in [2.24, 2.45) is 0 Å². The molecule has 0 spiro atoms. The van der Waals surface area contributed by atoms with Crippen LogP contribution in [0.15, 0.2) is 79.3 Å². The lowest BCUT2D eigenvalue weighted by Gasteiger charge is -2.16. The second-order valence-corrected chi connectivity index (χ2v) is 7.09. The predicted octanol–water partition coefficient (Wildman–Crippen LogP) is 6.31. The van der Waals surface area contributed by atoms with Crippen molar-refractivity contribution >= 4 is 33.1 Å². The van der Waals surface area contributed by atoms with E-state index in [2.05, 4.69) is 64.7 Å². The molecule has 0 fully saturated rings. The molecule has 0 amide bonds. The second-order valence-electron chi connectivity index (χ2n) is 7.09. The molecule has 2 N–H and O–H groups in total. The van der Waals surface area contributed by atoms with E-state index in [0.717, 1.165) is 44.4 Å². The Labute approximate surface area is 168 Å². The van der Waals surface area contributed by atoms with Gasteiger partial charge in [0.1, 0.15) is 6.07 Å². The zero-order chi connectivity index (χ0) is 19.8. The molecule has 0 radical (unpaired) electrons. The molecule has 4 heteroatoms. The fourth-order valence-electron chi connectivity index (χ4n) is 3.81. The first-order valence-electron chi connectivity index (χ1n) is 9.45. The summed E-state index contributed by atoms with van der Waals surface area (Å²) in [6.07, 6.45) is 5.36. The SMILES string of the molecule is Cc1c(Nc2c(C#N)cncc2-c2ccc3ccccc3c2)ccc2[nH]ccc12. The standard InChI is InChI=1S/C25H18N4/c1-16-21-10-11-28-24(21)9-8-23(16)29-25-20(13-26)14-27-15-22(25)19-7-6-17-4-2-3-5-18(17)12-19/h2-12,14-15,28H,1H3,(H,27,29). The third-order valence-corrected chi connectivity index (χ3v) is 5.39. The molecule has 0 unspecified atom stereocenters. The number of aryl methyl sites for hydroxylation is 1. The first-order valence-corrected chi connectivity index (χ1v) is 9.45. The fourth-order valence-corrected chi connectivity index (χ4v) is 3.81. The van der Waals surface area contributed by atoms with E-state index in [9.17, 15) is 5.26 Å². The summed E-state index contributed by atoms with van der Waals surface area (Å²) in [6.45, 7) is 2.08. The van der Waals surface area contributed by atoms with Crippen LogP contribution < -0.4 is 5.32 Å². The Morgan fingerprint density at radius 3 is 2.69 bits per heavy atom. The third kappa shape index (κ3) is 2.90. The van der Waals surface area contributed by atoms with Gasteiger partial charge in [-0.1, -0.05) is 36.4 Å². The Morgan fingerprint density at radius 2 is 1.83 bits per heavy atom. The van der Waals surface area contributed by atoms with Gasteiger partial charge >= 0.3 is 0 Å². The van der Waals surface area contributed by atoms with Crippen molar-refractivity contribution in [2.75, 3.05) is 5.32 Å². The van der Waals surface area contributed by atoms with Crippen LogP contribution in [0.3, 0.4) is 0 Å². The summed E-state index contributed by atoms with van der Waals surface area (Å²) in [5.41, 5.74) is 6.42. The van der Waals surface area contributed by atoms with E-state index in [1.807, 2.05) is 36.7 Å². The Balaban J connectivity index is 1.67. The quantitative estimate of drug-likeness (QED) is 0.389. The first-order chi connectivity index (χ1) is 14.2. The summed E-state index contributed by atoms with van der Waals surface area (Å²) in [4.78, 5) is 7.55. The molecule has 3 aromatic carbocycles. The lowest BCUT2D eigenvalue weighted by molar-refractivity contribution is 1.29. The average Bonchev–Trinajstić information content (AvgIpc) is 3.25. The molecule has 0 saturated carbocycles. The number of pyridine rings is 1. The highest BCUT2D eigenvalue weighted by Gasteiger charge is 2.14. The minimum Gasteiger partial charge on any atom is -0.361 e. The number of fused-ring (bicyclic) bond motifs is 2. The van der Waals surface area contributed by atoms with Gasteiger partial charge in [-0.25, -0.2) is 0 Å². The van der Waals surface area contributed by atoms with Crippen molar-refractivity contribution < 1.29 is 0 Å². The van der Waals surface area contributed by atoms with Crippen molar-refractivity contribution in [1.82, 2.24) is 9.97 Å². The normalized spacial score (nSPS) is 10.9. The molecule has 0 bridgehead atoms. The van der Waals surface area contributed by atoms with Gasteiger partial charge in [0.05, 0.1) is 11.3 Å². The van der Waals surface area contributed by atoms with E-state index in [1.54, 1.807) is 6.20 Å².